The number of nitrogens with one attached hydrogen (secondary N) is 2. The Morgan fingerprint density at radius 2 is 1.97 bits per heavy atom. The molecule has 166 valence electrons. The molecule has 1 aliphatic rings. The molecule has 9 nitrogen and oxygen atoms in total. The molecule has 0 atom stereocenters. The van der Waals surface area contributed by atoms with Crippen LogP contribution >= 0.6 is 0 Å². The summed E-state index contributed by atoms with van der Waals surface area (Å²) in [7, 11) is 0. The zero-order chi connectivity index (χ0) is 21.9. The fourth-order valence-corrected chi connectivity index (χ4v) is 4.06. The Hall–Kier alpha value is -3.30. The first kappa shape index (κ1) is 20.6. The monoisotopic (exact) mass is 432 g/mol. The van der Waals surface area contributed by atoms with Crippen molar-refractivity contribution >= 4 is 39.5 Å². The summed E-state index contributed by atoms with van der Waals surface area (Å²) < 4.78 is 7.54. The van der Waals surface area contributed by atoms with Crippen LogP contribution in [0.2, 0.25) is 0 Å². The van der Waals surface area contributed by atoms with Crippen molar-refractivity contribution < 1.29 is 4.74 Å². The van der Waals surface area contributed by atoms with Crippen molar-refractivity contribution in [3.05, 3.63) is 42.9 Å². The van der Waals surface area contributed by atoms with Gasteiger partial charge in [-0.25, -0.2) is 15.0 Å². The Balaban J connectivity index is 1.41. The highest BCUT2D eigenvalue weighted by molar-refractivity contribution is 5.87. The quantitative estimate of drug-likeness (QED) is 0.459. The Morgan fingerprint density at radius 3 is 2.81 bits per heavy atom. The minimum absolute atomic E-state index is 0.181. The number of benzene rings is 1. The van der Waals surface area contributed by atoms with Crippen molar-refractivity contribution in [2.45, 2.75) is 19.9 Å². The van der Waals surface area contributed by atoms with E-state index in [1.807, 2.05) is 18.2 Å². The SMILES string of the molecule is CC(C)n1c(Nc2ccc3ncccc3c2)nc2c(NCCN3CCOCC3)ncnc21. The van der Waals surface area contributed by atoms with Gasteiger partial charge in [0, 0.05) is 49.5 Å². The summed E-state index contributed by atoms with van der Waals surface area (Å²) in [6.07, 6.45) is 3.41. The van der Waals surface area contributed by atoms with E-state index in [1.54, 1.807) is 12.5 Å². The van der Waals surface area contributed by atoms with Crippen molar-refractivity contribution in [3.8, 4) is 0 Å². The predicted molar refractivity (Wildman–Crippen MR) is 126 cm³/mol. The first-order valence-electron chi connectivity index (χ1n) is 11.1. The third-order valence-corrected chi connectivity index (χ3v) is 5.68. The van der Waals surface area contributed by atoms with E-state index in [0.29, 0.717) is 0 Å². The van der Waals surface area contributed by atoms with E-state index in [-0.39, 0.29) is 6.04 Å². The number of pyridine rings is 1. The second-order valence-electron chi connectivity index (χ2n) is 8.21. The summed E-state index contributed by atoms with van der Waals surface area (Å²) >= 11 is 0. The third-order valence-electron chi connectivity index (χ3n) is 5.68. The van der Waals surface area contributed by atoms with Crippen LogP contribution in [0.1, 0.15) is 19.9 Å². The zero-order valence-corrected chi connectivity index (χ0v) is 18.5. The van der Waals surface area contributed by atoms with Gasteiger partial charge in [-0.2, -0.15) is 0 Å². The molecule has 1 aromatic carbocycles. The topological polar surface area (TPSA) is 93.0 Å². The van der Waals surface area contributed by atoms with Gasteiger partial charge in [0.1, 0.15) is 6.33 Å². The molecule has 3 aromatic heterocycles. The maximum Gasteiger partial charge on any atom is 0.210 e. The van der Waals surface area contributed by atoms with E-state index in [9.17, 15) is 0 Å². The predicted octanol–water partition coefficient (Wildman–Crippen LogP) is 3.44. The Bertz CT molecular complexity index is 1220. The second kappa shape index (κ2) is 9.05. The number of rotatable bonds is 7. The van der Waals surface area contributed by atoms with Gasteiger partial charge in [-0.1, -0.05) is 6.07 Å². The summed E-state index contributed by atoms with van der Waals surface area (Å²) in [6.45, 7) is 9.54. The molecular weight excluding hydrogens is 404 g/mol. The summed E-state index contributed by atoms with van der Waals surface area (Å²) in [5, 5.41) is 8.01. The van der Waals surface area contributed by atoms with E-state index in [2.05, 4.69) is 61.0 Å². The van der Waals surface area contributed by atoms with Gasteiger partial charge < -0.3 is 15.4 Å². The smallest absolute Gasteiger partial charge is 0.210 e. The minimum Gasteiger partial charge on any atom is -0.379 e. The molecule has 2 N–H and O–H groups in total. The van der Waals surface area contributed by atoms with Crippen LogP contribution in [0, 0.1) is 0 Å². The molecule has 0 bridgehead atoms. The maximum absolute atomic E-state index is 5.43. The van der Waals surface area contributed by atoms with Crippen LogP contribution in [0.15, 0.2) is 42.9 Å². The van der Waals surface area contributed by atoms with Crippen LogP contribution < -0.4 is 10.6 Å². The normalized spacial score (nSPS) is 15.0. The van der Waals surface area contributed by atoms with Crippen LogP contribution in [0.5, 0.6) is 0 Å². The molecule has 0 saturated carbocycles. The highest BCUT2D eigenvalue weighted by atomic mass is 16.5. The lowest BCUT2D eigenvalue weighted by molar-refractivity contribution is 0.0398. The van der Waals surface area contributed by atoms with E-state index < -0.39 is 0 Å². The molecule has 5 rings (SSSR count). The lowest BCUT2D eigenvalue weighted by atomic mass is 10.2. The number of anilines is 3. The van der Waals surface area contributed by atoms with Crippen molar-refractivity contribution in [2.24, 2.45) is 0 Å². The van der Waals surface area contributed by atoms with Crippen LogP contribution in [0.4, 0.5) is 17.5 Å². The lowest BCUT2D eigenvalue weighted by Gasteiger charge is -2.26. The maximum atomic E-state index is 5.43. The highest BCUT2D eigenvalue weighted by Gasteiger charge is 2.18. The van der Waals surface area contributed by atoms with E-state index >= 15 is 0 Å². The zero-order valence-electron chi connectivity index (χ0n) is 18.5. The minimum atomic E-state index is 0.181. The van der Waals surface area contributed by atoms with Gasteiger partial charge in [0.15, 0.2) is 17.0 Å². The van der Waals surface area contributed by atoms with Crippen LogP contribution in [-0.4, -0.2) is 68.8 Å². The van der Waals surface area contributed by atoms with Gasteiger partial charge in [-0.3, -0.25) is 14.5 Å². The average molecular weight is 433 g/mol. The fraction of sp³-hybridized carbons (Fsp3) is 0.391. The molecule has 0 unspecified atom stereocenters. The Labute approximate surface area is 186 Å². The highest BCUT2D eigenvalue weighted by Crippen LogP contribution is 2.29. The van der Waals surface area contributed by atoms with Gasteiger partial charge in [0.05, 0.1) is 18.7 Å². The van der Waals surface area contributed by atoms with E-state index in [0.717, 1.165) is 78.9 Å². The molecule has 4 aromatic rings. The molecule has 4 heterocycles. The molecule has 9 heteroatoms. The Morgan fingerprint density at radius 1 is 1.09 bits per heavy atom. The van der Waals surface area contributed by atoms with Crippen molar-refractivity contribution in [1.82, 2.24) is 29.4 Å². The number of nitrogens with zero attached hydrogens (tertiary/aromatic N) is 6. The molecule has 0 aliphatic carbocycles. The summed E-state index contributed by atoms with van der Waals surface area (Å²) in [6, 6.07) is 10.3. The third kappa shape index (κ3) is 4.21. The van der Waals surface area contributed by atoms with Gasteiger partial charge in [0.2, 0.25) is 5.95 Å². The number of hydrogen-bond donors (Lipinski definition) is 2. The molecule has 1 aliphatic heterocycles. The fourth-order valence-electron chi connectivity index (χ4n) is 4.06. The molecule has 1 saturated heterocycles. The average Bonchev–Trinajstić information content (AvgIpc) is 3.18. The largest absolute Gasteiger partial charge is 0.379 e. The first-order valence-corrected chi connectivity index (χ1v) is 11.1. The van der Waals surface area contributed by atoms with Crippen molar-refractivity contribution in [1.29, 1.82) is 0 Å². The standard InChI is InChI=1S/C23H28N8O/c1-16(2)31-22-20(21(26-15-27-22)25-8-9-30-10-12-32-13-11-30)29-23(31)28-18-5-6-19-17(14-18)4-3-7-24-19/h3-7,14-16H,8-13H2,1-2H3,(H,28,29)(H,25,26,27). The number of morpholine rings is 1. The molecule has 0 amide bonds. The van der Waals surface area contributed by atoms with Crippen molar-refractivity contribution in [3.63, 3.8) is 0 Å². The van der Waals surface area contributed by atoms with E-state index in [1.165, 1.54) is 0 Å². The summed E-state index contributed by atoms with van der Waals surface area (Å²) in [4.78, 5) is 20.7. The lowest BCUT2D eigenvalue weighted by Crippen LogP contribution is -2.39. The van der Waals surface area contributed by atoms with Crippen LogP contribution in [-0.2, 0) is 4.74 Å². The van der Waals surface area contributed by atoms with Gasteiger partial charge in [-0.05, 0) is 38.1 Å². The molecular formula is C23H28N8O. The number of ether oxygens (including phenoxy) is 1. The molecule has 32 heavy (non-hydrogen) atoms. The molecule has 1 fully saturated rings. The Kier molecular flexibility index (Phi) is 5.83. The van der Waals surface area contributed by atoms with Gasteiger partial charge in [0.25, 0.3) is 0 Å². The van der Waals surface area contributed by atoms with Crippen molar-refractivity contribution in [2.75, 3.05) is 50.0 Å². The number of fused-ring (bicyclic) bond motifs is 2. The molecule has 0 spiro atoms. The van der Waals surface area contributed by atoms with E-state index in [4.69, 9.17) is 9.72 Å². The second-order valence-corrected chi connectivity index (χ2v) is 8.21. The van der Waals surface area contributed by atoms with Gasteiger partial charge >= 0.3 is 0 Å². The number of imidazole rings is 1. The van der Waals surface area contributed by atoms with Gasteiger partial charge in [-0.15, -0.1) is 0 Å². The number of aromatic nitrogens is 5. The van der Waals surface area contributed by atoms with Crippen LogP contribution in [0.3, 0.4) is 0 Å². The number of hydrogen-bond acceptors (Lipinski definition) is 8. The summed E-state index contributed by atoms with van der Waals surface area (Å²) in [5.41, 5.74) is 3.51. The molecule has 0 radical (unpaired) electrons. The van der Waals surface area contributed by atoms with Crippen LogP contribution in [0.25, 0.3) is 22.1 Å². The summed E-state index contributed by atoms with van der Waals surface area (Å²) in [5.74, 6) is 1.50. The first-order chi connectivity index (χ1) is 15.7.